The van der Waals surface area contributed by atoms with Crippen LogP contribution in [0.1, 0.15) is 19.8 Å². The van der Waals surface area contributed by atoms with Crippen molar-refractivity contribution in [3.63, 3.8) is 0 Å². The average Bonchev–Trinajstić information content (AvgIpc) is 3.06. The van der Waals surface area contributed by atoms with E-state index in [-0.39, 0.29) is 30.5 Å². The van der Waals surface area contributed by atoms with Gasteiger partial charge in [-0.1, -0.05) is 6.92 Å². The van der Waals surface area contributed by atoms with Crippen LogP contribution in [0.5, 0.6) is 0 Å². The number of amides is 1. The molecule has 1 aliphatic heterocycles. The van der Waals surface area contributed by atoms with E-state index in [1.165, 1.54) is 4.90 Å². The Morgan fingerprint density at radius 2 is 2.11 bits per heavy atom. The number of hydrogen-bond donors (Lipinski definition) is 2. The molecule has 6 nitrogen and oxygen atoms in total. The summed E-state index contributed by atoms with van der Waals surface area (Å²) in [6.07, 6.45) is 1.83. The van der Waals surface area contributed by atoms with E-state index >= 15 is 0 Å². The number of carboxylic acid groups (broad SMARTS) is 1. The molecule has 102 valence electrons. The summed E-state index contributed by atoms with van der Waals surface area (Å²) < 4.78 is 5.34. The number of ether oxygens (including phenoxy) is 1. The van der Waals surface area contributed by atoms with E-state index in [0.29, 0.717) is 13.2 Å². The molecule has 2 unspecified atom stereocenters. The first kappa shape index (κ1) is 13.3. The van der Waals surface area contributed by atoms with E-state index in [9.17, 15) is 9.59 Å². The van der Waals surface area contributed by atoms with Gasteiger partial charge in [-0.2, -0.15) is 0 Å². The fourth-order valence-electron chi connectivity index (χ4n) is 2.39. The maximum absolute atomic E-state index is 12.4. The highest BCUT2D eigenvalue weighted by atomic mass is 16.5. The molecule has 0 aromatic rings. The molecule has 2 rings (SSSR count). The second-order valence-corrected chi connectivity index (χ2v) is 4.90. The molecule has 1 saturated carbocycles. The Labute approximate surface area is 106 Å². The summed E-state index contributed by atoms with van der Waals surface area (Å²) in [7, 11) is 0. The van der Waals surface area contributed by atoms with Gasteiger partial charge in [-0.05, 0) is 19.4 Å². The SMILES string of the molecule is CCNC1COCC1C(=O)N(CC(=O)O)C1CC1. The Morgan fingerprint density at radius 3 is 2.67 bits per heavy atom. The molecule has 0 bridgehead atoms. The Morgan fingerprint density at radius 1 is 1.39 bits per heavy atom. The lowest BCUT2D eigenvalue weighted by atomic mass is 10.0. The second kappa shape index (κ2) is 5.67. The largest absolute Gasteiger partial charge is 0.480 e. The summed E-state index contributed by atoms with van der Waals surface area (Å²) in [6.45, 7) is 3.48. The third kappa shape index (κ3) is 3.00. The van der Waals surface area contributed by atoms with Crippen LogP contribution in [0.25, 0.3) is 0 Å². The molecule has 2 N–H and O–H groups in total. The first-order valence-electron chi connectivity index (χ1n) is 6.47. The third-order valence-corrected chi connectivity index (χ3v) is 3.44. The molecule has 0 radical (unpaired) electrons. The van der Waals surface area contributed by atoms with Gasteiger partial charge in [-0.15, -0.1) is 0 Å². The molecular formula is C12H20N2O4. The van der Waals surface area contributed by atoms with Crippen molar-refractivity contribution >= 4 is 11.9 Å². The number of hydrogen-bond acceptors (Lipinski definition) is 4. The molecular weight excluding hydrogens is 236 g/mol. The topological polar surface area (TPSA) is 78.9 Å². The maximum Gasteiger partial charge on any atom is 0.323 e. The van der Waals surface area contributed by atoms with E-state index < -0.39 is 5.97 Å². The smallest absolute Gasteiger partial charge is 0.323 e. The van der Waals surface area contributed by atoms with Gasteiger partial charge in [0.25, 0.3) is 0 Å². The van der Waals surface area contributed by atoms with Gasteiger partial charge in [0.1, 0.15) is 6.54 Å². The van der Waals surface area contributed by atoms with Crippen molar-refractivity contribution < 1.29 is 19.4 Å². The maximum atomic E-state index is 12.4. The zero-order valence-corrected chi connectivity index (χ0v) is 10.6. The molecule has 1 aliphatic carbocycles. The van der Waals surface area contributed by atoms with Crippen LogP contribution in [0.15, 0.2) is 0 Å². The number of carbonyl (C=O) groups excluding carboxylic acids is 1. The fourth-order valence-corrected chi connectivity index (χ4v) is 2.39. The highest BCUT2D eigenvalue weighted by Crippen LogP contribution is 2.29. The van der Waals surface area contributed by atoms with E-state index in [1.54, 1.807) is 0 Å². The van der Waals surface area contributed by atoms with Gasteiger partial charge in [-0.25, -0.2) is 0 Å². The molecule has 18 heavy (non-hydrogen) atoms. The van der Waals surface area contributed by atoms with Crippen molar-refractivity contribution in [1.29, 1.82) is 0 Å². The molecule has 0 aromatic heterocycles. The average molecular weight is 256 g/mol. The summed E-state index contributed by atoms with van der Waals surface area (Å²) in [5.74, 6) is -1.28. The van der Waals surface area contributed by atoms with Gasteiger partial charge >= 0.3 is 5.97 Å². The van der Waals surface area contributed by atoms with Crippen molar-refractivity contribution in [2.45, 2.75) is 31.8 Å². The van der Waals surface area contributed by atoms with Gasteiger partial charge in [-0.3, -0.25) is 9.59 Å². The number of carbonyl (C=O) groups is 2. The molecule has 1 saturated heterocycles. The third-order valence-electron chi connectivity index (χ3n) is 3.44. The molecule has 0 spiro atoms. The number of likely N-dealkylation sites (N-methyl/N-ethyl adjacent to an activating group) is 1. The number of carboxylic acids is 1. The summed E-state index contributed by atoms with van der Waals surface area (Å²) >= 11 is 0. The Balaban J connectivity index is 2.00. The molecule has 2 aliphatic rings. The number of rotatable bonds is 6. The first-order valence-corrected chi connectivity index (χ1v) is 6.47. The van der Waals surface area contributed by atoms with Gasteiger partial charge in [0, 0.05) is 12.1 Å². The van der Waals surface area contributed by atoms with Crippen LogP contribution in [-0.4, -0.2) is 60.3 Å². The molecule has 0 aromatic carbocycles. The van der Waals surface area contributed by atoms with Crippen molar-refractivity contribution in [1.82, 2.24) is 10.2 Å². The van der Waals surface area contributed by atoms with Crippen LogP contribution in [0, 0.1) is 5.92 Å². The minimum atomic E-state index is -0.950. The second-order valence-electron chi connectivity index (χ2n) is 4.90. The lowest BCUT2D eigenvalue weighted by molar-refractivity contribution is -0.147. The van der Waals surface area contributed by atoms with Crippen molar-refractivity contribution in [3.05, 3.63) is 0 Å². The van der Waals surface area contributed by atoms with Crippen LogP contribution in [-0.2, 0) is 14.3 Å². The summed E-state index contributed by atoms with van der Waals surface area (Å²) in [5, 5.41) is 12.1. The number of nitrogens with zero attached hydrogens (tertiary/aromatic N) is 1. The van der Waals surface area contributed by atoms with Gasteiger partial charge in [0.15, 0.2) is 0 Å². The van der Waals surface area contributed by atoms with Crippen LogP contribution in [0.3, 0.4) is 0 Å². The predicted octanol–water partition coefficient (Wildman–Crippen LogP) is -0.313. The lowest BCUT2D eigenvalue weighted by Gasteiger charge is -2.26. The van der Waals surface area contributed by atoms with E-state index in [1.807, 2.05) is 6.92 Å². The van der Waals surface area contributed by atoms with E-state index in [2.05, 4.69) is 5.32 Å². The molecule has 2 atom stereocenters. The summed E-state index contributed by atoms with van der Waals surface area (Å²) in [4.78, 5) is 24.7. The zero-order chi connectivity index (χ0) is 13.1. The van der Waals surface area contributed by atoms with E-state index in [0.717, 1.165) is 19.4 Å². The Kier molecular flexibility index (Phi) is 4.19. The zero-order valence-electron chi connectivity index (χ0n) is 10.6. The Bertz CT molecular complexity index is 330. The normalized spacial score (nSPS) is 27.2. The standard InChI is InChI=1S/C12H20N2O4/c1-2-13-10-7-18-6-9(10)12(17)14(5-11(15)16)8-3-4-8/h8-10,13H,2-7H2,1H3,(H,15,16). The van der Waals surface area contributed by atoms with Crippen molar-refractivity contribution in [2.24, 2.45) is 5.92 Å². The summed E-state index contributed by atoms with van der Waals surface area (Å²) in [5.41, 5.74) is 0. The van der Waals surface area contributed by atoms with Crippen LogP contribution in [0.2, 0.25) is 0 Å². The Hall–Kier alpha value is -1.14. The van der Waals surface area contributed by atoms with Gasteiger partial charge in [0.05, 0.1) is 19.1 Å². The molecule has 2 fully saturated rings. The van der Waals surface area contributed by atoms with Crippen LogP contribution in [0.4, 0.5) is 0 Å². The van der Waals surface area contributed by atoms with Crippen LogP contribution < -0.4 is 5.32 Å². The molecule has 1 heterocycles. The first-order chi connectivity index (χ1) is 8.63. The summed E-state index contributed by atoms with van der Waals surface area (Å²) in [6, 6.07) is 0.133. The van der Waals surface area contributed by atoms with E-state index in [4.69, 9.17) is 9.84 Å². The minimum Gasteiger partial charge on any atom is -0.480 e. The van der Waals surface area contributed by atoms with Gasteiger partial charge in [0.2, 0.25) is 5.91 Å². The van der Waals surface area contributed by atoms with Crippen LogP contribution >= 0.6 is 0 Å². The fraction of sp³-hybridized carbons (Fsp3) is 0.833. The quantitative estimate of drug-likeness (QED) is 0.681. The lowest BCUT2D eigenvalue weighted by Crippen LogP contribution is -2.48. The number of aliphatic carboxylic acids is 1. The van der Waals surface area contributed by atoms with Crippen molar-refractivity contribution in [3.8, 4) is 0 Å². The predicted molar refractivity (Wildman–Crippen MR) is 64.1 cm³/mol. The highest BCUT2D eigenvalue weighted by Gasteiger charge is 2.41. The minimum absolute atomic E-state index is 0.0116. The highest BCUT2D eigenvalue weighted by molar-refractivity contribution is 5.84. The molecule has 6 heteroatoms. The monoisotopic (exact) mass is 256 g/mol. The van der Waals surface area contributed by atoms with Crippen molar-refractivity contribution in [2.75, 3.05) is 26.3 Å². The number of nitrogens with one attached hydrogen (secondary N) is 1. The van der Waals surface area contributed by atoms with Gasteiger partial charge < -0.3 is 20.1 Å². The molecule has 1 amide bonds.